The molecule has 0 aliphatic heterocycles. The van der Waals surface area contributed by atoms with Gasteiger partial charge in [-0.05, 0) is 36.6 Å². The molecule has 4 heteroatoms. The van der Waals surface area contributed by atoms with E-state index in [0.717, 1.165) is 17.0 Å². The van der Waals surface area contributed by atoms with Gasteiger partial charge in [0.2, 0.25) is 0 Å². The number of anilines is 1. The van der Waals surface area contributed by atoms with Crippen molar-refractivity contribution in [2.75, 3.05) is 19.1 Å². The van der Waals surface area contributed by atoms with Crippen molar-refractivity contribution in [3.63, 3.8) is 0 Å². The first-order chi connectivity index (χ1) is 8.38. The standard InChI is InChI=1S/C14H21NO3/c1-9(2)12-8-11(6-7-13(12)18-5)15(4)14(17)10(3)16/h6-10,16H,1-5H3. The number of benzene rings is 1. The van der Waals surface area contributed by atoms with Crippen LogP contribution in [0.4, 0.5) is 5.69 Å². The van der Waals surface area contributed by atoms with Gasteiger partial charge in [-0.25, -0.2) is 0 Å². The number of amides is 1. The molecule has 0 bridgehead atoms. The minimum Gasteiger partial charge on any atom is -0.496 e. The lowest BCUT2D eigenvalue weighted by Crippen LogP contribution is -2.34. The van der Waals surface area contributed by atoms with E-state index in [9.17, 15) is 9.90 Å². The second kappa shape index (κ2) is 5.87. The quantitative estimate of drug-likeness (QED) is 0.892. The predicted molar refractivity (Wildman–Crippen MR) is 72.2 cm³/mol. The number of carbonyl (C=O) groups is 1. The summed E-state index contributed by atoms with van der Waals surface area (Å²) in [5, 5.41) is 9.32. The molecular formula is C14H21NO3. The Balaban J connectivity index is 3.12. The average molecular weight is 251 g/mol. The number of likely N-dealkylation sites (N-methyl/N-ethyl adjacent to an activating group) is 1. The monoisotopic (exact) mass is 251 g/mol. The molecule has 0 radical (unpaired) electrons. The van der Waals surface area contributed by atoms with Gasteiger partial charge in [0.1, 0.15) is 11.9 Å². The molecule has 0 spiro atoms. The van der Waals surface area contributed by atoms with E-state index in [2.05, 4.69) is 13.8 Å². The van der Waals surface area contributed by atoms with Gasteiger partial charge < -0.3 is 14.7 Å². The summed E-state index contributed by atoms with van der Waals surface area (Å²) in [5.74, 6) is 0.788. The fraction of sp³-hybridized carbons (Fsp3) is 0.500. The highest BCUT2D eigenvalue weighted by molar-refractivity contribution is 5.95. The zero-order chi connectivity index (χ0) is 13.9. The molecule has 0 fully saturated rings. The zero-order valence-corrected chi connectivity index (χ0v) is 11.6. The first-order valence-electron chi connectivity index (χ1n) is 6.02. The lowest BCUT2D eigenvalue weighted by atomic mass is 10.0. The Bertz CT molecular complexity index is 427. The highest BCUT2D eigenvalue weighted by Gasteiger charge is 2.18. The lowest BCUT2D eigenvalue weighted by molar-refractivity contribution is -0.125. The van der Waals surface area contributed by atoms with E-state index < -0.39 is 6.10 Å². The van der Waals surface area contributed by atoms with Gasteiger partial charge in [-0.1, -0.05) is 13.8 Å². The first kappa shape index (κ1) is 14.5. The van der Waals surface area contributed by atoms with E-state index in [1.807, 2.05) is 18.2 Å². The predicted octanol–water partition coefficient (Wildman–Crippen LogP) is 2.16. The van der Waals surface area contributed by atoms with E-state index in [1.54, 1.807) is 14.2 Å². The summed E-state index contributed by atoms with van der Waals surface area (Å²) in [6.45, 7) is 5.60. The summed E-state index contributed by atoms with van der Waals surface area (Å²) < 4.78 is 5.30. The van der Waals surface area contributed by atoms with Crippen LogP contribution in [0.15, 0.2) is 18.2 Å². The average Bonchev–Trinajstić information content (AvgIpc) is 2.35. The molecular weight excluding hydrogens is 230 g/mol. The van der Waals surface area contributed by atoms with Crippen molar-refractivity contribution in [2.24, 2.45) is 0 Å². The van der Waals surface area contributed by atoms with Crippen molar-refractivity contribution in [1.82, 2.24) is 0 Å². The maximum absolute atomic E-state index is 11.7. The largest absolute Gasteiger partial charge is 0.496 e. The molecule has 0 heterocycles. The molecule has 1 amide bonds. The molecule has 1 aromatic carbocycles. The number of methoxy groups -OCH3 is 1. The van der Waals surface area contributed by atoms with E-state index in [4.69, 9.17) is 4.74 Å². The Kier molecular flexibility index (Phi) is 4.73. The topological polar surface area (TPSA) is 49.8 Å². The van der Waals surface area contributed by atoms with Crippen LogP contribution >= 0.6 is 0 Å². The number of ether oxygens (including phenoxy) is 1. The second-order valence-electron chi connectivity index (χ2n) is 4.65. The molecule has 100 valence electrons. The van der Waals surface area contributed by atoms with Crippen LogP contribution in [0.3, 0.4) is 0 Å². The summed E-state index contributed by atoms with van der Waals surface area (Å²) >= 11 is 0. The first-order valence-corrected chi connectivity index (χ1v) is 6.02. The fourth-order valence-corrected chi connectivity index (χ4v) is 1.79. The molecule has 0 aliphatic rings. The number of nitrogens with zero attached hydrogens (tertiary/aromatic N) is 1. The molecule has 0 aromatic heterocycles. The number of aliphatic hydroxyl groups is 1. The minimum atomic E-state index is -1.00. The van der Waals surface area contributed by atoms with Crippen LogP contribution in [0.2, 0.25) is 0 Å². The highest BCUT2D eigenvalue weighted by Crippen LogP contribution is 2.30. The normalized spacial score (nSPS) is 12.4. The van der Waals surface area contributed by atoms with Gasteiger partial charge in [0, 0.05) is 12.7 Å². The Morgan fingerprint density at radius 3 is 2.39 bits per heavy atom. The third kappa shape index (κ3) is 3.01. The molecule has 1 rings (SSSR count). The number of carbonyl (C=O) groups excluding carboxylic acids is 1. The third-order valence-corrected chi connectivity index (χ3v) is 2.91. The number of aliphatic hydroxyl groups excluding tert-OH is 1. The van der Waals surface area contributed by atoms with Crippen molar-refractivity contribution >= 4 is 11.6 Å². The number of hydrogen-bond donors (Lipinski definition) is 1. The van der Waals surface area contributed by atoms with Crippen LogP contribution in [0.25, 0.3) is 0 Å². The van der Waals surface area contributed by atoms with E-state index in [-0.39, 0.29) is 5.91 Å². The summed E-state index contributed by atoms with van der Waals surface area (Å²) in [6, 6.07) is 5.57. The molecule has 4 nitrogen and oxygen atoms in total. The van der Waals surface area contributed by atoms with Gasteiger partial charge >= 0.3 is 0 Å². The van der Waals surface area contributed by atoms with Gasteiger partial charge in [0.25, 0.3) is 5.91 Å². The van der Waals surface area contributed by atoms with Crippen molar-refractivity contribution in [3.05, 3.63) is 23.8 Å². The fourth-order valence-electron chi connectivity index (χ4n) is 1.79. The smallest absolute Gasteiger partial charge is 0.255 e. The number of hydrogen-bond acceptors (Lipinski definition) is 3. The van der Waals surface area contributed by atoms with Crippen LogP contribution in [0, 0.1) is 0 Å². The lowest BCUT2D eigenvalue weighted by Gasteiger charge is -2.21. The Hall–Kier alpha value is -1.55. The van der Waals surface area contributed by atoms with Gasteiger partial charge in [-0.2, -0.15) is 0 Å². The summed E-state index contributed by atoms with van der Waals surface area (Å²) in [6.07, 6.45) is -1.00. The summed E-state index contributed by atoms with van der Waals surface area (Å²) in [4.78, 5) is 13.2. The van der Waals surface area contributed by atoms with Crippen molar-refractivity contribution in [1.29, 1.82) is 0 Å². The highest BCUT2D eigenvalue weighted by atomic mass is 16.5. The SMILES string of the molecule is COc1ccc(N(C)C(=O)C(C)O)cc1C(C)C. The molecule has 0 saturated carbocycles. The molecule has 1 aromatic rings. The van der Waals surface area contributed by atoms with Crippen LogP contribution in [0.5, 0.6) is 5.75 Å². The van der Waals surface area contributed by atoms with Crippen LogP contribution in [-0.4, -0.2) is 31.3 Å². The maximum atomic E-state index is 11.7. The molecule has 18 heavy (non-hydrogen) atoms. The van der Waals surface area contributed by atoms with Gasteiger partial charge in [0.15, 0.2) is 0 Å². The van der Waals surface area contributed by atoms with Crippen molar-refractivity contribution in [3.8, 4) is 5.75 Å². The van der Waals surface area contributed by atoms with Crippen molar-refractivity contribution < 1.29 is 14.6 Å². The zero-order valence-electron chi connectivity index (χ0n) is 11.6. The molecule has 0 aliphatic carbocycles. The summed E-state index contributed by atoms with van der Waals surface area (Å²) in [5.41, 5.74) is 1.80. The van der Waals surface area contributed by atoms with E-state index in [1.165, 1.54) is 11.8 Å². The van der Waals surface area contributed by atoms with E-state index >= 15 is 0 Å². The Morgan fingerprint density at radius 1 is 1.33 bits per heavy atom. The van der Waals surface area contributed by atoms with Crippen LogP contribution in [0.1, 0.15) is 32.3 Å². The minimum absolute atomic E-state index is 0.301. The van der Waals surface area contributed by atoms with Gasteiger partial charge in [-0.3, -0.25) is 4.79 Å². The van der Waals surface area contributed by atoms with Crippen LogP contribution < -0.4 is 9.64 Å². The molecule has 1 unspecified atom stereocenters. The third-order valence-electron chi connectivity index (χ3n) is 2.91. The Morgan fingerprint density at radius 2 is 1.94 bits per heavy atom. The summed E-state index contributed by atoms with van der Waals surface area (Å²) in [7, 11) is 3.28. The van der Waals surface area contributed by atoms with Crippen molar-refractivity contribution in [2.45, 2.75) is 32.8 Å². The molecule has 1 N–H and O–H groups in total. The maximum Gasteiger partial charge on any atom is 0.255 e. The van der Waals surface area contributed by atoms with E-state index in [0.29, 0.717) is 5.92 Å². The number of rotatable bonds is 4. The Labute approximate surface area is 108 Å². The van der Waals surface area contributed by atoms with Gasteiger partial charge in [0.05, 0.1) is 7.11 Å². The van der Waals surface area contributed by atoms with Crippen LogP contribution in [-0.2, 0) is 4.79 Å². The second-order valence-corrected chi connectivity index (χ2v) is 4.65. The molecule has 1 atom stereocenters. The molecule has 0 saturated heterocycles. The van der Waals surface area contributed by atoms with Gasteiger partial charge in [-0.15, -0.1) is 0 Å².